The van der Waals surface area contributed by atoms with E-state index >= 15 is 0 Å². The lowest BCUT2D eigenvalue weighted by Crippen LogP contribution is -2.24. The quantitative estimate of drug-likeness (QED) is 0.903. The Morgan fingerprint density at radius 3 is 2.50 bits per heavy atom. The van der Waals surface area contributed by atoms with E-state index in [-0.39, 0.29) is 5.82 Å². The van der Waals surface area contributed by atoms with Crippen LogP contribution in [0.3, 0.4) is 0 Å². The Bertz CT molecular complexity index is 553. The maximum Gasteiger partial charge on any atom is 0.123 e. The summed E-state index contributed by atoms with van der Waals surface area (Å²) in [4.78, 5) is 2.06. The van der Waals surface area contributed by atoms with Gasteiger partial charge >= 0.3 is 0 Å². The molecule has 0 fully saturated rings. The van der Waals surface area contributed by atoms with Gasteiger partial charge in [0.1, 0.15) is 5.82 Å². The molecule has 106 valence electrons. The Balaban J connectivity index is 1.93. The second-order valence-electron chi connectivity index (χ2n) is 5.25. The zero-order valence-electron chi connectivity index (χ0n) is 11.9. The van der Waals surface area contributed by atoms with Crippen LogP contribution in [0.2, 0.25) is 0 Å². The van der Waals surface area contributed by atoms with Crippen LogP contribution in [0.1, 0.15) is 22.8 Å². The fourth-order valence-electron chi connectivity index (χ4n) is 2.27. The standard InChI is InChI=1S/C17H20FNO/c1-13-4-3-5-14(10-13)11-19(2)12-17(20)15-6-8-16(18)9-7-15/h3-10,17,20H,11-12H2,1-2H3. The molecular weight excluding hydrogens is 253 g/mol. The summed E-state index contributed by atoms with van der Waals surface area (Å²) in [5.41, 5.74) is 3.19. The number of hydrogen-bond donors (Lipinski definition) is 1. The van der Waals surface area contributed by atoms with Crippen molar-refractivity contribution in [3.8, 4) is 0 Å². The molecule has 2 aromatic carbocycles. The van der Waals surface area contributed by atoms with Crippen molar-refractivity contribution in [2.45, 2.75) is 19.6 Å². The molecule has 0 saturated heterocycles. The highest BCUT2D eigenvalue weighted by molar-refractivity contribution is 5.22. The first-order chi connectivity index (χ1) is 9.54. The summed E-state index contributed by atoms with van der Waals surface area (Å²) in [5, 5.41) is 10.2. The minimum absolute atomic E-state index is 0.283. The highest BCUT2D eigenvalue weighted by Gasteiger charge is 2.11. The largest absolute Gasteiger partial charge is 0.387 e. The minimum Gasteiger partial charge on any atom is -0.387 e. The summed E-state index contributed by atoms with van der Waals surface area (Å²) < 4.78 is 12.8. The van der Waals surface area contributed by atoms with Crippen LogP contribution in [-0.2, 0) is 6.54 Å². The summed E-state index contributed by atoms with van der Waals surface area (Å²) in [6, 6.07) is 14.3. The Labute approximate surface area is 119 Å². The molecule has 0 spiro atoms. The van der Waals surface area contributed by atoms with Crippen molar-refractivity contribution in [3.63, 3.8) is 0 Å². The van der Waals surface area contributed by atoms with Gasteiger partial charge in [-0.3, -0.25) is 4.90 Å². The molecule has 1 unspecified atom stereocenters. The molecule has 3 heteroatoms. The minimum atomic E-state index is -0.606. The zero-order chi connectivity index (χ0) is 14.5. The lowest BCUT2D eigenvalue weighted by atomic mass is 10.1. The third-order valence-corrected chi connectivity index (χ3v) is 3.27. The van der Waals surface area contributed by atoms with E-state index in [1.165, 1.54) is 23.3 Å². The average Bonchev–Trinajstić information content (AvgIpc) is 2.39. The fraction of sp³-hybridized carbons (Fsp3) is 0.294. The Morgan fingerprint density at radius 1 is 1.15 bits per heavy atom. The number of nitrogens with zero attached hydrogens (tertiary/aromatic N) is 1. The van der Waals surface area contributed by atoms with E-state index in [4.69, 9.17) is 0 Å². The number of aryl methyl sites for hydroxylation is 1. The summed E-state index contributed by atoms with van der Waals surface area (Å²) in [5.74, 6) is -0.283. The Hall–Kier alpha value is -1.71. The van der Waals surface area contributed by atoms with Gasteiger partial charge in [0.15, 0.2) is 0 Å². The molecule has 0 heterocycles. The highest BCUT2D eigenvalue weighted by atomic mass is 19.1. The van der Waals surface area contributed by atoms with Crippen LogP contribution in [0, 0.1) is 12.7 Å². The van der Waals surface area contributed by atoms with Crippen molar-refractivity contribution in [2.24, 2.45) is 0 Å². The van der Waals surface area contributed by atoms with Gasteiger partial charge in [-0.2, -0.15) is 0 Å². The van der Waals surface area contributed by atoms with Crippen LogP contribution in [0.4, 0.5) is 4.39 Å². The van der Waals surface area contributed by atoms with Crippen molar-refractivity contribution < 1.29 is 9.50 Å². The summed E-state index contributed by atoms with van der Waals surface area (Å²) in [6.45, 7) is 3.36. The van der Waals surface area contributed by atoms with E-state index in [0.29, 0.717) is 6.54 Å². The third-order valence-electron chi connectivity index (χ3n) is 3.27. The number of halogens is 1. The topological polar surface area (TPSA) is 23.5 Å². The van der Waals surface area contributed by atoms with Gasteiger partial charge in [-0.15, -0.1) is 0 Å². The van der Waals surface area contributed by atoms with E-state index in [2.05, 4.69) is 30.0 Å². The van der Waals surface area contributed by atoms with Gasteiger partial charge in [0, 0.05) is 13.1 Å². The molecule has 0 aliphatic carbocycles. The number of benzene rings is 2. The van der Waals surface area contributed by atoms with E-state index in [9.17, 15) is 9.50 Å². The van der Waals surface area contributed by atoms with Crippen LogP contribution in [-0.4, -0.2) is 23.6 Å². The van der Waals surface area contributed by atoms with Gasteiger partial charge in [-0.05, 0) is 37.2 Å². The van der Waals surface area contributed by atoms with Gasteiger partial charge in [0.25, 0.3) is 0 Å². The number of rotatable bonds is 5. The van der Waals surface area contributed by atoms with Gasteiger partial charge in [-0.1, -0.05) is 42.0 Å². The molecule has 0 aliphatic rings. The van der Waals surface area contributed by atoms with Crippen molar-refractivity contribution in [1.82, 2.24) is 4.90 Å². The Kier molecular flexibility index (Phi) is 4.88. The van der Waals surface area contributed by atoms with Gasteiger partial charge in [0.05, 0.1) is 6.10 Å². The normalized spacial score (nSPS) is 12.7. The number of hydrogen-bond acceptors (Lipinski definition) is 2. The zero-order valence-corrected chi connectivity index (χ0v) is 11.9. The molecule has 20 heavy (non-hydrogen) atoms. The molecule has 0 aromatic heterocycles. The second-order valence-corrected chi connectivity index (χ2v) is 5.25. The maximum absolute atomic E-state index is 12.8. The molecular formula is C17H20FNO. The molecule has 1 N–H and O–H groups in total. The van der Waals surface area contributed by atoms with Crippen LogP contribution in [0.5, 0.6) is 0 Å². The number of aliphatic hydroxyl groups is 1. The molecule has 0 saturated carbocycles. The first-order valence-electron chi connectivity index (χ1n) is 6.72. The third kappa shape index (κ3) is 4.15. The second kappa shape index (κ2) is 6.64. The molecule has 0 amide bonds. The average molecular weight is 273 g/mol. The molecule has 2 aromatic rings. The van der Waals surface area contributed by atoms with Crippen LogP contribution in [0.15, 0.2) is 48.5 Å². The smallest absolute Gasteiger partial charge is 0.123 e. The lowest BCUT2D eigenvalue weighted by molar-refractivity contribution is 0.124. The van der Waals surface area contributed by atoms with Crippen LogP contribution >= 0.6 is 0 Å². The van der Waals surface area contributed by atoms with Gasteiger partial charge < -0.3 is 5.11 Å². The first-order valence-corrected chi connectivity index (χ1v) is 6.72. The van der Waals surface area contributed by atoms with Crippen molar-refractivity contribution in [2.75, 3.05) is 13.6 Å². The highest BCUT2D eigenvalue weighted by Crippen LogP contribution is 2.15. The predicted octanol–water partition coefficient (Wildman–Crippen LogP) is 3.30. The monoisotopic (exact) mass is 273 g/mol. The predicted molar refractivity (Wildman–Crippen MR) is 78.9 cm³/mol. The molecule has 1 atom stereocenters. The molecule has 0 radical (unpaired) electrons. The van der Waals surface area contributed by atoms with E-state index in [1.807, 2.05) is 13.1 Å². The van der Waals surface area contributed by atoms with Crippen molar-refractivity contribution >= 4 is 0 Å². The van der Waals surface area contributed by atoms with E-state index in [1.54, 1.807) is 12.1 Å². The lowest BCUT2D eigenvalue weighted by Gasteiger charge is -2.21. The molecule has 2 rings (SSSR count). The SMILES string of the molecule is Cc1cccc(CN(C)CC(O)c2ccc(F)cc2)c1. The number of aliphatic hydroxyl groups excluding tert-OH is 1. The molecule has 0 aliphatic heterocycles. The van der Waals surface area contributed by atoms with Gasteiger partial charge in [-0.25, -0.2) is 4.39 Å². The molecule has 0 bridgehead atoms. The van der Waals surface area contributed by atoms with E-state index in [0.717, 1.165) is 12.1 Å². The van der Waals surface area contributed by atoms with Gasteiger partial charge in [0.2, 0.25) is 0 Å². The fourth-order valence-corrected chi connectivity index (χ4v) is 2.27. The maximum atomic E-state index is 12.8. The van der Waals surface area contributed by atoms with E-state index < -0.39 is 6.10 Å². The number of likely N-dealkylation sites (N-methyl/N-ethyl adjacent to an activating group) is 1. The Morgan fingerprint density at radius 2 is 1.85 bits per heavy atom. The summed E-state index contributed by atoms with van der Waals surface area (Å²) in [7, 11) is 1.97. The van der Waals surface area contributed by atoms with Crippen LogP contribution in [0.25, 0.3) is 0 Å². The van der Waals surface area contributed by atoms with Crippen molar-refractivity contribution in [3.05, 3.63) is 71.0 Å². The van der Waals surface area contributed by atoms with Crippen LogP contribution < -0.4 is 0 Å². The summed E-state index contributed by atoms with van der Waals surface area (Å²) >= 11 is 0. The molecule has 2 nitrogen and oxygen atoms in total. The van der Waals surface area contributed by atoms with Crippen molar-refractivity contribution in [1.29, 1.82) is 0 Å². The first kappa shape index (κ1) is 14.7. The summed E-state index contributed by atoms with van der Waals surface area (Å²) in [6.07, 6.45) is -0.606.